The number of aliphatic hydroxyl groups is 1. The Morgan fingerprint density at radius 3 is 2.67 bits per heavy atom. The molecule has 0 radical (unpaired) electrons. The second kappa shape index (κ2) is 7.68. The average Bonchev–Trinajstić information content (AvgIpc) is 2.71. The SMILES string of the molecule is Cc1nc(CN2CCN(CC(C)C)C(CCO)C2)sc1C. The number of hydrogen-bond donors (Lipinski definition) is 1. The molecule has 0 aliphatic carbocycles. The van der Waals surface area contributed by atoms with Gasteiger partial charge in [0.1, 0.15) is 5.01 Å². The first-order valence-electron chi connectivity index (χ1n) is 7.99. The lowest BCUT2D eigenvalue weighted by Gasteiger charge is -2.42. The van der Waals surface area contributed by atoms with Crippen LogP contribution in [0, 0.1) is 19.8 Å². The van der Waals surface area contributed by atoms with Crippen LogP contribution in [-0.4, -0.2) is 58.7 Å². The summed E-state index contributed by atoms with van der Waals surface area (Å²) in [5.41, 5.74) is 1.17. The molecule has 2 heterocycles. The Balaban J connectivity index is 1.94. The van der Waals surface area contributed by atoms with E-state index in [1.807, 2.05) is 11.3 Å². The van der Waals surface area contributed by atoms with Crippen LogP contribution in [0.3, 0.4) is 0 Å². The molecule has 5 heteroatoms. The first-order chi connectivity index (χ1) is 9.99. The zero-order chi connectivity index (χ0) is 15.4. The number of aryl methyl sites for hydroxylation is 2. The molecule has 1 unspecified atom stereocenters. The molecule has 0 aromatic carbocycles. The third-order valence-electron chi connectivity index (χ3n) is 4.18. The van der Waals surface area contributed by atoms with Crippen molar-refractivity contribution in [2.45, 2.75) is 46.7 Å². The molecule has 1 fully saturated rings. The van der Waals surface area contributed by atoms with Crippen LogP contribution in [0.2, 0.25) is 0 Å². The fourth-order valence-electron chi connectivity index (χ4n) is 3.03. The van der Waals surface area contributed by atoms with Gasteiger partial charge in [0.25, 0.3) is 0 Å². The average molecular weight is 311 g/mol. The van der Waals surface area contributed by atoms with E-state index in [9.17, 15) is 5.11 Å². The van der Waals surface area contributed by atoms with E-state index in [4.69, 9.17) is 0 Å². The minimum absolute atomic E-state index is 0.280. The predicted octanol–water partition coefficient (Wildman–Crippen LogP) is 2.28. The maximum Gasteiger partial charge on any atom is 0.107 e. The van der Waals surface area contributed by atoms with Gasteiger partial charge >= 0.3 is 0 Å². The molecule has 0 amide bonds. The summed E-state index contributed by atoms with van der Waals surface area (Å²) in [6, 6.07) is 0.480. The van der Waals surface area contributed by atoms with Gasteiger partial charge in [-0.15, -0.1) is 11.3 Å². The van der Waals surface area contributed by atoms with Crippen LogP contribution in [0.15, 0.2) is 0 Å². The van der Waals surface area contributed by atoms with Gasteiger partial charge in [-0.3, -0.25) is 9.80 Å². The molecule has 2 rings (SSSR count). The van der Waals surface area contributed by atoms with Crippen molar-refractivity contribution in [2.75, 3.05) is 32.8 Å². The highest BCUT2D eigenvalue weighted by atomic mass is 32.1. The van der Waals surface area contributed by atoms with Crippen molar-refractivity contribution in [1.29, 1.82) is 0 Å². The quantitative estimate of drug-likeness (QED) is 0.875. The van der Waals surface area contributed by atoms with Crippen molar-refractivity contribution in [2.24, 2.45) is 5.92 Å². The van der Waals surface area contributed by atoms with Gasteiger partial charge in [0, 0.05) is 43.7 Å². The number of hydrogen-bond acceptors (Lipinski definition) is 5. The Morgan fingerprint density at radius 2 is 2.10 bits per heavy atom. The standard InChI is InChI=1S/C16H29N3OS/c1-12(2)9-19-7-6-18(10-15(19)5-8-20)11-16-17-13(3)14(4)21-16/h12,15,20H,5-11H2,1-4H3. The lowest BCUT2D eigenvalue weighted by molar-refractivity contribution is 0.0476. The van der Waals surface area contributed by atoms with E-state index in [1.54, 1.807) is 0 Å². The van der Waals surface area contributed by atoms with Crippen LogP contribution in [-0.2, 0) is 6.54 Å². The summed E-state index contributed by atoms with van der Waals surface area (Å²) in [6.07, 6.45) is 0.874. The van der Waals surface area contributed by atoms with E-state index in [2.05, 4.69) is 42.5 Å². The van der Waals surface area contributed by atoms with Crippen LogP contribution in [0.1, 0.15) is 35.8 Å². The zero-order valence-corrected chi connectivity index (χ0v) is 14.6. The summed E-state index contributed by atoms with van der Waals surface area (Å²) >= 11 is 1.82. The number of thiazole rings is 1. The first kappa shape index (κ1) is 16.9. The van der Waals surface area contributed by atoms with E-state index in [0.717, 1.165) is 39.1 Å². The van der Waals surface area contributed by atoms with Crippen molar-refractivity contribution in [3.8, 4) is 0 Å². The highest BCUT2D eigenvalue weighted by Crippen LogP contribution is 2.21. The molecule has 21 heavy (non-hydrogen) atoms. The predicted molar refractivity (Wildman–Crippen MR) is 88.8 cm³/mol. The first-order valence-corrected chi connectivity index (χ1v) is 8.81. The van der Waals surface area contributed by atoms with Crippen LogP contribution in [0.25, 0.3) is 0 Å². The molecule has 1 aromatic heterocycles. The van der Waals surface area contributed by atoms with Gasteiger partial charge in [-0.25, -0.2) is 4.98 Å². The lowest BCUT2D eigenvalue weighted by Crippen LogP contribution is -2.53. The maximum absolute atomic E-state index is 9.33. The van der Waals surface area contributed by atoms with Crippen LogP contribution >= 0.6 is 11.3 Å². The summed E-state index contributed by atoms with van der Waals surface area (Å²) in [6.45, 7) is 14.4. The minimum atomic E-state index is 0.280. The number of aromatic nitrogens is 1. The van der Waals surface area contributed by atoms with Gasteiger partial charge in [-0.05, 0) is 26.2 Å². The normalized spacial score (nSPS) is 21.3. The number of piperazine rings is 1. The molecule has 0 spiro atoms. The summed E-state index contributed by atoms with van der Waals surface area (Å²) in [5, 5.41) is 10.6. The van der Waals surface area contributed by atoms with Crippen LogP contribution in [0.4, 0.5) is 0 Å². The Morgan fingerprint density at radius 1 is 1.33 bits per heavy atom. The Bertz CT molecular complexity index is 427. The molecule has 1 N–H and O–H groups in total. The van der Waals surface area contributed by atoms with Gasteiger partial charge in [0.05, 0.1) is 12.2 Å². The highest BCUT2D eigenvalue weighted by molar-refractivity contribution is 7.11. The fraction of sp³-hybridized carbons (Fsp3) is 0.812. The van der Waals surface area contributed by atoms with Crippen LogP contribution < -0.4 is 0 Å². The molecule has 1 aliphatic heterocycles. The number of nitrogens with zero attached hydrogens (tertiary/aromatic N) is 3. The van der Waals surface area contributed by atoms with Crippen molar-refractivity contribution < 1.29 is 5.11 Å². The van der Waals surface area contributed by atoms with E-state index in [0.29, 0.717) is 12.0 Å². The number of aliphatic hydroxyl groups excluding tert-OH is 1. The second-order valence-electron chi connectivity index (χ2n) is 6.54. The summed E-state index contributed by atoms with van der Waals surface area (Å²) in [7, 11) is 0. The number of rotatable bonds is 6. The molecular weight excluding hydrogens is 282 g/mol. The maximum atomic E-state index is 9.33. The van der Waals surface area contributed by atoms with Crippen LogP contribution in [0.5, 0.6) is 0 Å². The van der Waals surface area contributed by atoms with E-state index >= 15 is 0 Å². The third kappa shape index (κ3) is 4.74. The van der Waals surface area contributed by atoms with Crippen molar-refractivity contribution >= 4 is 11.3 Å². The van der Waals surface area contributed by atoms with E-state index < -0.39 is 0 Å². The summed E-state index contributed by atoms with van der Waals surface area (Å²) in [5.74, 6) is 0.682. The van der Waals surface area contributed by atoms with E-state index in [-0.39, 0.29) is 6.61 Å². The summed E-state index contributed by atoms with van der Waals surface area (Å²) < 4.78 is 0. The van der Waals surface area contributed by atoms with Gasteiger partial charge < -0.3 is 5.11 Å². The molecule has 1 saturated heterocycles. The van der Waals surface area contributed by atoms with Crippen molar-refractivity contribution in [3.63, 3.8) is 0 Å². The smallest absolute Gasteiger partial charge is 0.107 e. The molecule has 1 atom stereocenters. The molecule has 120 valence electrons. The molecule has 4 nitrogen and oxygen atoms in total. The topological polar surface area (TPSA) is 39.6 Å². The Kier molecular flexibility index (Phi) is 6.17. The molecule has 0 saturated carbocycles. The largest absolute Gasteiger partial charge is 0.396 e. The lowest BCUT2D eigenvalue weighted by atomic mass is 10.1. The van der Waals surface area contributed by atoms with Gasteiger partial charge in [0.2, 0.25) is 0 Å². The molecule has 0 bridgehead atoms. The van der Waals surface area contributed by atoms with Crippen molar-refractivity contribution in [1.82, 2.24) is 14.8 Å². The van der Waals surface area contributed by atoms with Gasteiger partial charge in [0.15, 0.2) is 0 Å². The van der Waals surface area contributed by atoms with Crippen molar-refractivity contribution in [3.05, 3.63) is 15.6 Å². The Labute approximate surface area is 132 Å². The third-order valence-corrected chi connectivity index (χ3v) is 5.24. The summed E-state index contributed by atoms with van der Waals surface area (Å²) in [4.78, 5) is 11.0. The molecule has 1 aliphatic rings. The fourth-order valence-corrected chi connectivity index (χ4v) is 4.01. The van der Waals surface area contributed by atoms with Gasteiger partial charge in [-0.2, -0.15) is 0 Å². The van der Waals surface area contributed by atoms with Gasteiger partial charge in [-0.1, -0.05) is 13.8 Å². The monoisotopic (exact) mass is 311 g/mol. The Hall–Kier alpha value is -0.490. The minimum Gasteiger partial charge on any atom is -0.396 e. The molecule has 1 aromatic rings. The highest BCUT2D eigenvalue weighted by Gasteiger charge is 2.27. The molecular formula is C16H29N3OS. The van der Waals surface area contributed by atoms with E-state index in [1.165, 1.54) is 15.6 Å². The second-order valence-corrected chi connectivity index (χ2v) is 7.83. The zero-order valence-electron chi connectivity index (χ0n) is 13.8.